The molecule has 0 spiro atoms. The second kappa shape index (κ2) is 4.81. The smallest absolute Gasteiger partial charge is 0.222 e. The van der Waals surface area contributed by atoms with Gasteiger partial charge in [-0.2, -0.15) is 5.10 Å². The molecule has 0 atom stereocenters. The van der Waals surface area contributed by atoms with Crippen molar-refractivity contribution in [2.75, 3.05) is 13.1 Å². The molecule has 3 rings (SSSR count). The van der Waals surface area contributed by atoms with Gasteiger partial charge in [-0.1, -0.05) is 13.0 Å². The molecule has 0 aromatic carbocycles. The van der Waals surface area contributed by atoms with Crippen molar-refractivity contribution in [3.05, 3.63) is 24.0 Å². The molecule has 101 valence electrons. The third kappa shape index (κ3) is 2.30. The molecule has 1 radical (unpaired) electrons. The zero-order valence-corrected chi connectivity index (χ0v) is 11.0. The van der Waals surface area contributed by atoms with E-state index in [2.05, 4.69) is 11.2 Å². The van der Waals surface area contributed by atoms with Crippen molar-refractivity contribution >= 4 is 11.5 Å². The Bertz CT molecular complexity index is 515. The maximum atomic E-state index is 11.6. The highest BCUT2D eigenvalue weighted by molar-refractivity contribution is 5.81. The van der Waals surface area contributed by atoms with Gasteiger partial charge in [0.1, 0.15) is 0 Å². The Kier molecular flexibility index (Phi) is 3.14. The molecule has 5 heteroatoms. The van der Waals surface area contributed by atoms with E-state index in [1.165, 1.54) is 0 Å². The summed E-state index contributed by atoms with van der Waals surface area (Å²) in [6, 6.07) is 3.45. The zero-order valence-electron chi connectivity index (χ0n) is 11.0. The van der Waals surface area contributed by atoms with Gasteiger partial charge >= 0.3 is 0 Å². The average Bonchev–Trinajstić information content (AvgIpc) is 3.02. The lowest BCUT2D eigenvalue weighted by Gasteiger charge is -2.31. The Morgan fingerprint density at radius 1 is 1.58 bits per heavy atom. The number of amides is 1. The topological polar surface area (TPSA) is 58.4 Å². The number of carbonyl (C=O) groups is 1. The Balaban J connectivity index is 1.66. The van der Waals surface area contributed by atoms with Gasteiger partial charge in [0.25, 0.3) is 0 Å². The number of carbonyl (C=O) groups excluding carboxylic acids is 1. The molecule has 0 unspecified atom stereocenters. The fraction of sp³-hybridized carbons (Fsp3) is 0.571. The molecule has 2 aliphatic rings. The number of aliphatic hydroxyl groups is 1. The molecule has 1 aromatic heterocycles. The van der Waals surface area contributed by atoms with E-state index in [0.29, 0.717) is 25.6 Å². The summed E-state index contributed by atoms with van der Waals surface area (Å²) in [6.45, 7) is 3.18. The van der Waals surface area contributed by atoms with Crippen LogP contribution in [0.5, 0.6) is 0 Å². The Hall–Kier alpha value is -1.62. The van der Waals surface area contributed by atoms with Crippen molar-refractivity contribution < 1.29 is 9.90 Å². The zero-order chi connectivity index (χ0) is 13.4. The minimum Gasteiger partial charge on any atom is -0.393 e. The van der Waals surface area contributed by atoms with Crippen molar-refractivity contribution in [3.8, 4) is 0 Å². The fourth-order valence-electron chi connectivity index (χ4n) is 2.56. The van der Waals surface area contributed by atoms with Gasteiger partial charge in [-0.05, 0) is 18.4 Å². The number of hydrogen-bond acceptors (Lipinski definition) is 3. The standard InChI is InChI=1S/C14H18N3O2/c1-2-14(19)16-5-3-10(9-16)13-4-6-17(15-13)11-7-12(18)8-11/h3,6,11-12,18H,2,5,7-9H2,1H3. The third-order valence-corrected chi connectivity index (χ3v) is 3.89. The summed E-state index contributed by atoms with van der Waals surface area (Å²) in [4.78, 5) is 13.5. The van der Waals surface area contributed by atoms with Crippen molar-refractivity contribution in [3.63, 3.8) is 0 Å². The first-order valence-corrected chi connectivity index (χ1v) is 6.79. The van der Waals surface area contributed by atoms with Crippen molar-refractivity contribution in [1.29, 1.82) is 0 Å². The van der Waals surface area contributed by atoms with E-state index in [-0.39, 0.29) is 12.0 Å². The number of aliphatic hydroxyl groups excluding tert-OH is 1. The lowest BCUT2D eigenvalue weighted by molar-refractivity contribution is -0.129. The molecular formula is C14H18N3O2. The van der Waals surface area contributed by atoms with Gasteiger partial charge in [0.15, 0.2) is 0 Å². The molecular weight excluding hydrogens is 242 g/mol. The molecule has 0 saturated heterocycles. The first-order valence-electron chi connectivity index (χ1n) is 6.79. The van der Waals surface area contributed by atoms with Gasteiger partial charge in [0.05, 0.1) is 17.8 Å². The van der Waals surface area contributed by atoms with Gasteiger partial charge < -0.3 is 10.0 Å². The highest BCUT2D eigenvalue weighted by atomic mass is 16.3. The maximum Gasteiger partial charge on any atom is 0.222 e. The van der Waals surface area contributed by atoms with Crippen LogP contribution in [0.3, 0.4) is 0 Å². The molecule has 2 heterocycles. The van der Waals surface area contributed by atoms with Gasteiger partial charge in [-0.3, -0.25) is 9.48 Å². The van der Waals surface area contributed by atoms with Gasteiger partial charge in [0.2, 0.25) is 5.91 Å². The van der Waals surface area contributed by atoms with Gasteiger partial charge in [-0.25, -0.2) is 0 Å². The van der Waals surface area contributed by atoms with Gasteiger partial charge in [0, 0.05) is 31.8 Å². The van der Waals surface area contributed by atoms with E-state index in [1.807, 2.05) is 28.8 Å². The summed E-state index contributed by atoms with van der Waals surface area (Å²) in [5, 5.41) is 13.8. The second-order valence-electron chi connectivity index (χ2n) is 5.24. The normalized spacial score (nSPS) is 26.2. The number of aromatic nitrogens is 2. The Labute approximate surface area is 112 Å². The van der Waals surface area contributed by atoms with E-state index >= 15 is 0 Å². The van der Waals surface area contributed by atoms with Gasteiger partial charge in [-0.15, -0.1) is 0 Å². The number of rotatable bonds is 3. The molecule has 0 bridgehead atoms. The summed E-state index contributed by atoms with van der Waals surface area (Å²) in [6.07, 6.45) is 5.80. The summed E-state index contributed by atoms with van der Waals surface area (Å²) >= 11 is 0. The van der Waals surface area contributed by atoms with Crippen molar-refractivity contribution in [2.24, 2.45) is 0 Å². The highest BCUT2D eigenvalue weighted by Gasteiger charge is 2.30. The molecule has 1 aliphatic carbocycles. The quantitative estimate of drug-likeness (QED) is 0.882. The largest absolute Gasteiger partial charge is 0.393 e. The van der Waals surface area contributed by atoms with Crippen LogP contribution in [0.15, 0.2) is 12.3 Å². The summed E-state index contributed by atoms with van der Waals surface area (Å²) in [5.74, 6) is 0.174. The molecule has 1 fully saturated rings. The first kappa shape index (κ1) is 12.4. The molecule has 5 nitrogen and oxygen atoms in total. The van der Waals surface area contributed by atoms with Crippen LogP contribution in [-0.2, 0) is 4.79 Å². The van der Waals surface area contributed by atoms with Crippen LogP contribution in [0.4, 0.5) is 0 Å². The summed E-state index contributed by atoms with van der Waals surface area (Å²) < 4.78 is 1.88. The molecule has 1 aliphatic heterocycles. The van der Waals surface area contributed by atoms with E-state index in [0.717, 1.165) is 24.1 Å². The monoisotopic (exact) mass is 260 g/mol. The minimum absolute atomic E-state index is 0.174. The van der Waals surface area contributed by atoms with Crippen LogP contribution in [-0.4, -0.2) is 44.9 Å². The molecule has 1 N–H and O–H groups in total. The number of hydrogen-bond donors (Lipinski definition) is 1. The molecule has 19 heavy (non-hydrogen) atoms. The van der Waals surface area contributed by atoms with Crippen molar-refractivity contribution in [1.82, 2.24) is 14.7 Å². The second-order valence-corrected chi connectivity index (χ2v) is 5.24. The SMILES string of the molecule is CCC(=O)N1CC=C(c2[c]cn(C3CC(O)C3)n2)C1. The van der Waals surface area contributed by atoms with E-state index in [4.69, 9.17) is 0 Å². The summed E-state index contributed by atoms with van der Waals surface area (Å²) in [5.41, 5.74) is 1.90. The molecule has 1 amide bonds. The first-order chi connectivity index (χ1) is 9.17. The van der Waals surface area contributed by atoms with Crippen LogP contribution in [0.1, 0.15) is 37.9 Å². The van der Waals surface area contributed by atoms with Crippen molar-refractivity contribution in [2.45, 2.75) is 38.3 Å². The van der Waals surface area contributed by atoms with Crippen LogP contribution >= 0.6 is 0 Å². The predicted octanol–water partition coefficient (Wildman–Crippen LogP) is 1.01. The van der Waals surface area contributed by atoms with E-state index < -0.39 is 0 Å². The van der Waals surface area contributed by atoms with Crippen LogP contribution in [0.25, 0.3) is 5.57 Å². The Morgan fingerprint density at radius 3 is 3.05 bits per heavy atom. The van der Waals surface area contributed by atoms with E-state index in [9.17, 15) is 9.90 Å². The number of nitrogens with zero attached hydrogens (tertiary/aromatic N) is 3. The molecule has 1 aromatic rings. The maximum absolute atomic E-state index is 11.6. The minimum atomic E-state index is -0.180. The average molecular weight is 260 g/mol. The van der Waals surface area contributed by atoms with Crippen LogP contribution in [0, 0.1) is 6.07 Å². The Morgan fingerprint density at radius 2 is 2.37 bits per heavy atom. The molecule has 1 saturated carbocycles. The third-order valence-electron chi connectivity index (χ3n) is 3.89. The lowest BCUT2D eigenvalue weighted by Crippen LogP contribution is -2.31. The van der Waals surface area contributed by atoms with Crippen LogP contribution < -0.4 is 0 Å². The highest BCUT2D eigenvalue weighted by Crippen LogP contribution is 2.32. The summed E-state index contributed by atoms with van der Waals surface area (Å²) in [7, 11) is 0. The van der Waals surface area contributed by atoms with Crippen LogP contribution in [0.2, 0.25) is 0 Å². The fourth-order valence-corrected chi connectivity index (χ4v) is 2.56. The lowest BCUT2D eigenvalue weighted by atomic mass is 9.90. The predicted molar refractivity (Wildman–Crippen MR) is 70.2 cm³/mol. The van der Waals surface area contributed by atoms with E-state index in [1.54, 1.807) is 0 Å².